The first-order valence-corrected chi connectivity index (χ1v) is 7.29. The first-order chi connectivity index (χ1) is 9.22. The average molecular weight is 364 g/mol. The van der Waals surface area contributed by atoms with E-state index in [1.165, 1.54) is 11.1 Å². The van der Waals surface area contributed by atoms with Crippen molar-refractivity contribution in [2.45, 2.75) is 12.8 Å². The van der Waals surface area contributed by atoms with Crippen LogP contribution in [-0.2, 0) is 17.6 Å². The number of nitrogens with zero attached hydrogens (tertiary/aromatic N) is 1. The van der Waals surface area contributed by atoms with Crippen LogP contribution in [0.3, 0.4) is 0 Å². The van der Waals surface area contributed by atoms with E-state index in [4.69, 9.17) is 0 Å². The van der Waals surface area contributed by atoms with Gasteiger partial charge in [-0.25, -0.2) is 4.98 Å². The zero-order valence-electron chi connectivity index (χ0n) is 10.3. The van der Waals surface area contributed by atoms with Crippen molar-refractivity contribution < 1.29 is 4.79 Å². The van der Waals surface area contributed by atoms with Crippen LogP contribution in [0.1, 0.15) is 11.1 Å². The number of hydrogen-bond acceptors (Lipinski definition) is 2. The Morgan fingerprint density at radius 1 is 1.16 bits per heavy atom. The van der Waals surface area contributed by atoms with Crippen molar-refractivity contribution in [3.05, 3.63) is 57.3 Å². The van der Waals surface area contributed by atoms with Crippen LogP contribution in [0.25, 0.3) is 0 Å². The summed E-state index contributed by atoms with van der Waals surface area (Å²) in [6, 6.07) is 12.0. The molecular weight excluding hydrogens is 351 g/mol. The van der Waals surface area contributed by atoms with Crippen LogP contribution >= 0.6 is 22.6 Å². The van der Waals surface area contributed by atoms with Crippen LogP contribution in [-0.4, -0.2) is 10.9 Å². The molecule has 19 heavy (non-hydrogen) atoms. The normalized spacial score (nSPS) is 14.2. The molecule has 0 saturated heterocycles. The second-order valence-corrected chi connectivity index (χ2v) is 5.97. The number of carbonyl (C=O) groups is 1. The first kappa shape index (κ1) is 12.6. The molecule has 1 aliphatic carbocycles. The highest BCUT2D eigenvalue weighted by Gasteiger charge is 2.27. The topological polar surface area (TPSA) is 42.0 Å². The molecule has 0 atom stereocenters. The molecule has 0 bridgehead atoms. The predicted octanol–water partition coefficient (Wildman–Crippen LogP) is 3.04. The van der Waals surface area contributed by atoms with E-state index in [0.29, 0.717) is 5.82 Å². The summed E-state index contributed by atoms with van der Waals surface area (Å²) in [6.45, 7) is 0. The molecule has 1 N–H and O–H groups in total. The fraction of sp³-hybridized carbons (Fsp3) is 0.200. The van der Waals surface area contributed by atoms with Crippen molar-refractivity contribution >= 4 is 34.3 Å². The van der Waals surface area contributed by atoms with Gasteiger partial charge < -0.3 is 5.32 Å². The molecule has 3 nitrogen and oxygen atoms in total. The van der Waals surface area contributed by atoms with Gasteiger partial charge in [0.2, 0.25) is 5.91 Å². The van der Waals surface area contributed by atoms with Crippen molar-refractivity contribution in [2.24, 2.45) is 5.92 Å². The number of carbonyl (C=O) groups excluding carboxylic acids is 1. The molecule has 1 aromatic carbocycles. The van der Waals surface area contributed by atoms with Gasteiger partial charge in [0.1, 0.15) is 5.82 Å². The molecule has 0 aliphatic heterocycles. The fourth-order valence-corrected chi connectivity index (χ4v) is 2.74. The molecule has 4 heteroatoms. The smallest absolute Gasteiger partial charge is 0.229 e. The molecule has 1 heterocycles. The van der Waals surface area contributed by atoms with Gasteiger partial charge in [-0.05, 0) is 58.7 Å². The summed E-state index contributed by atoms with van der Waals surface area (Å²) in [4.78, 5) is 16.4. The Labute approximate surface area is 125 Å². The second-order valence-electron chi connectivity index (χ2n) is 4.72. The van der Waals surface area contributed by atoms with Crippen molar-refractivity contribution in [3.8, 4) is 0 Å². The maximum atomic E-state index is 12.2. The monoisotopic (exact) mass is 364 g/mol. The Bertz CT molecular complexity index is 585. The van der Waals surface area contributed by atoms with Crippen LogP contribution in [0, 0.1) is 9.49 Å². The van der Waals surface area contributed by atoms with E-state index < -0.39 is 0 Å². The van der Waals surface area contributed by atoms with Crippen molar-refractivity contribution in [2.75, 3.05) is 5.32 Å². The number of rotatable bonds is 2. The lowest BCUT2D eigenvalue weighted by atomic mass is 10.1. The predicted molar refractivity (Wildman–Crippen MR) is 82.9 cm³/mol. The molecule has 0 spiro atoms. The standard InChI is InChI=1S/C15H13IN2O/c16-13-5-6-14(17-9-13)18-15(19)12-7-10-3-1-2-4-11(10)8-12/h1-6,9,12H,7-8H2,(H,17,18,19). The number of amides is 1. The number of halogens is 1. The molecule has 3 rings (SSSR count). The minimum absolute atomic E-state index is 0.0264. The average Bonchev–Trinajstić information content (AvgIpc) is 2.85. The fourth-order valence-electron chi connectivity index (χ4n) is 2.42. The third kappa shape index (κ3) is 2.78. The molecule has 2 aromatic rings. The van der Waals surface area contributed by atoms with Gasteiger partial charge in [-0.3, -0.25) is 4.79 Å². The number of pyridine rings is 1. The van der Waals surface area contributed by atoms with Crippen molar-refractivity contribution in [3.63, 3.8) is 0 Å². The van der Waals surface area contributed by atoms with Crippen LogP contribution in [0.4, 0.5) is 5.82 Å². The highest BCUT2D eigenvalue weighted by Crippen LogP contribution is 2.27. The van der Waals surface area contributed by atoms with E-state index >= 15 is 0 Å². The third-order valence-corrected chi connectivity index (χ3v) is 4.04. The van der Waals surface area contributed by atoms with Gasteiger partial charge in [0.25, 0.3) is 0 Å². The maximum absolute atomic E-state index is 12.2. The number of benzene rings is 1. The highest BCUT2D eigenvalue weighted by molar-refractivity contribution is 14.1. The Balaban J connectivity index is 1.68. The van der Waals surface area contributed by atoms with E-state index in [0.717, 1.165) is 16.4 Å². The quantitative estimate of drug-likeness (QED) is 0.833. The van der Waals surface area contributed by atoms with Gasteiger partial charge >= 0.3 is 0 Å². The molecule has 1 amide bonds. The number of fused-ring (bicyclic) bond motifs is 1. The number of anilines is 1. The summed E-state index contributed by atoms with van der Waals surface area (Å²) in [5.74, 6) is 0.713. The summed E-state index contributed by atoms with van der Waals surface area (Å²) in [5, 5.41) is 2.89. The lowest BCUT2D eigenvalue weighted by molar-refractivity contribution is -0.119. The summed E-state index contributed by atoms with van der Waals surface area (Å²) in [7, 11) is 0. The van der Waals surface area contributed by atoms with E-state index in [1.807, 2.05) is 24.3 Å². The number of aromatic nitrogens is 1. The zero-order chi connectivity index (χ0) is 13.2. The van der Waals surface area contributed by atoms with E-state index in [2.05, 4.69) is 45.0 Å². The van der Waals surface area contributed by atoms with Crippen molar-refractivity contribution in [1.82, 2.24) is 4.98 Å². The molecule has 96 valence electrons. The lowest BCUT2D eigenvalue weighted by Crippen LogP contribution is -2.23. The summed E-state index contributed by atoms with van der Waals surface area (Å²) in [6.07, 6.45) is 3.40. The van der Waals surface area contributed by atoms with E-state index in [-0.39, 0.29) is 11.8 Å². The number of nitrogens with one attached hydrogen (secondary N) is 1. The number of hydrogen-bond donors (Lipinski definition) is 1. The Hall–Kier alpha value is -1.43. The minimum atomic E-state index is 0.0264. The molecule has 0 radical (unpaired) electrons. The summed E-state index contributed by atoms with van der Waals surface area (Å²) < 4.78 is 1.06. The Morgan fingerprint density at radius 2 is 1.84 bits per heavy atom. The Morgan fingerprint density at radius 3 is 2.42 bits per heavy atom. The van der Waals surface area contributed by atoms with Crippen LogP contribution in [0.5, 0.6) is 0 Å². The first-order valence-electron chi connectivity index (χ1n) is 6.21. The summed E-state index contributed by atoms with van der Waals surface area (Å²) >= 11 is 2.19. The Kier molecular flexibility index (Phi) is 3.50. The van der Waals surface area contributed by atoms with Gasteiger partial charge in [-0.2, -0.15) is 0 Å². The third-order valence-electron chi connectivity index (χ3n) is 3.40. The minimum Gasteiger partial charge on any atom is -0.310 e. The van der Waals surface area contributed by atoms with Crippen LogP contribution < -0.4 is 5.32 Å². The molecule has 1 aromatic heterocycles. The van der Waals surface area contributed by atoms with Crippen LogP contribution in [0.2, 0.25) is 0 Å². The molecule has 0 unspecified atom stereocenters. The maximum Gasteiger partial charge on any atom is 0.229 e. The SMILES string of the molecule is O=C(Nc1ccc(I)cn1)C1Cc2ccccc2C1. The molecule has 0 saturated carbocycles. The van der Waals surface area contributed by atoms with Crippen molar-refractivity contribution in [1.29, 1.82) is 0 Å². The molecule has 0 fully saturated rings. The zero-order valence-corrected chi connectivity index (χ0v) is 12.4. The van der Waals surface area contributed by atoms with Gasteiger partial charge in [0.05, 0.1) is 0 Å². The molecular formula is C15H13IN2O. The lowest BCUT2D eigenvalue weighted by Gasteiger charge is -2.09. The highest BCUT2D eigenvalue weighted by atomic mass is 127. The van der Waals surface area contributed by atoms with E-state index in [9.17, 15) is 4.79 Å². The largest absolute Gasteiger partial charge is 0.310 e. The van der Waals surface area contributed by atoms with Gasteiger partial charge in [-0.1, -0.05) is 24.3 Å². The molecule has 1 aliphatic rings. The summed E-state index contributed by atoms with van der Waals surface area (Å²) in [5.41, 5.74) is 2.58. The van der Waals surface area contributed by atoms with E-state index in [1.54, 1.807) is 6.20 Å². The van der Waals surface area contributed by atoms with Gasteiger partial charge in [-0.15, -0.1) is 0 Å². The van der Waals surface area contributed by atoms with Crippen LogP contribution in [0.15, 0.2) is 42.6 Å². The van der Waals surface area contributed by atoms with Gasteiger partial charge in [0.15, 0.2) is 0 Å². The van der Waals surface area contributed by atoms with Gasteiger partial charge in [0, 0.05) is 15.7 Å². The second kappa shape index (κ2) is 5.28.